The first kappa shape index (κ1) is 17.2. The van der Waals surface area contributed by atoms with Crippen LogP contribution in [0.25, 0.3) is 0 Å². The zero-order valence-electron chi connectivity index (χ0n) is 11.7. The summed E-state index contributed by atoms with van der Waals surface area (Å²) in [6, 6.07) is -1.32. The first-order chi connectivity index (χ1) is 9.98. The van der Waals surface area contributed by atoms with E-state index in [2.05, 4.69) is 5.32 Å². The number of urea groups is 1. The number of halogens is 6. The van der Waals surface area contributed by atoms with Gasteiger partial charge in [0.25, 0.3) is 0 Å². The van der Waals surface area contributed by atoms with E-state index < -0.39 is 49.4 Å². The second-order valence-electron chi connectivity index (χ2n) is 5.67. The van der Waals surface area contributed by atoms with Gasteiger partial charge in [-0.15, -0.1) is 0 Å². The Kier molecular flexibility index (Phi) is 4.27. The third kappa shape index (κ3) is 2.84. The number of nitrogens with one attached hydrogen (secondary N) is 1. The van der Waals surface area contributed by atoms with Crippen LogP contribution in [0.4, 0.5) is 31.1 Å². The molecule has 2 aliphatic heterocycles. The Morgan fingerprint density at radius 1 is 1.23 bits per heavy atom. The fourth-order valence-corrected chi connectivity index (χ4v) is 2.78. The van der Waals surface area contributed by atoms with Crippen LogP contribution in [0.5, 0.6) is 0 Å². The molecule has 0 saturated carbocycles. The summed E-state index contributed by atoms with van der Waals surface area (Å²) < 4.78 is 82.7. The second-order valence-corrected chi connectivity index (χ2v) is 5.67. The number of carbonyl (C=O) groups excluding carboxylic acids is 1. The molecule has 0 bridgehead atoms. The van der Waals surface area contributed by atoms with Gasteiger partial charge in [0.05, 0.1) is 12.1 Å². The Morgan fingerprint density at radius 2 is 1.82 bits per heavy atom. The predicted molar refractivity (Wildman–Crippen MR) is 63.1 cm³/mol. The molecule has 0 radical (unpaired) electrons. The minimum absolute atomic E-state index is 0.318. The van der Waals surface area contributed by atoms with E-state index >= 15 is 0 Å². The molecule has 4 nitrogen and oxygen atoms in total. The maximum Gasteiger partial charge on any atom is 0.404 e. The standard InChI is InChI=1S/C12H16F6N2O2/c1-7-8(2-5-22-7)19-9(21)20-4-3-10(6-20,11(13,14)15)12(16,17)18/h7-8H,2-6H2,1H3,(H,19,21)/t7-,8-/m1/s1. The molecule has 2 aliphatic rings. The van der Waals surface area contributed by atoms with Gasteiger partial charge in [-0.05, 0) is 19.8 Å². The number of hydrogen-bond acceptors (Lipinski definition) is 2. The minimum atomic E-state index is -5.45. The van der Waals surface area contributed by atoms with E-state index in [1.54, 1.807) is 6.92 Å². The second kappa shape index (κ2) is 5.47. The molecule has 128 valence electrons. The lowest BCUT2D eigenvalue weighted by Gasteiger charge is -2.33. The number of alkyl halides is 6. The Hall–Kier alpha value is -1.19. The number of amides is 2. The highest BCUT2D eigenvalue weighted by Gasteiger charge is 2.73. The quantitative estimate of drug-likeness (QED) is 0.749. The van der Waals surface area contributed by atoms with Gasteiger partial charge < -0.3 is 15.0 Å². The van der Waals surface area contributed by atoms with E-state index in [0.717, 1.165) is 0 Å². The normalized spacial score (nSPS) is 29.0. The molecule has 10 heteroatoms. The molecule has 1 N–H and O–H groups in total. The van der Waals surface area contributed by atoms with Crippen molar-refractivity contribution in [2.45, 2.75) is 44.3 Å². The number of hydrogen-bond donors (Lipinski definition) is 1. The monoisotopic (exact) mass is 334 g/mol. The van der Waals surface area contributed by atoms with Crippen LogP contribution < -0.4 is 5.32 Å². The molecule has 0 spiro atoms. The summed E-state index contributed by atoms with van der Waals surface area (Å²) in [7, 11) is 0. The van der Waals surface area contributed by atoms with Gasteiger partial charge in [0, 0.05) is 19.7 Å². The van der Waals surface area contributed by atoms with Crippen LogP contribution in [-0.2, 0) is 4.74 Å². The molecule has 2 saturated heterocycles. The van der Waals surface area contributed by atoms with Gasteiger partial charge in [0.15, 0.2) is 5.41 Å². The Morgan fingerprint density at radius 3 is 2.23 bits per heavy atom. The summed E-state index contributed by atoms with van der Waals surface area (Å²) in [4.78, 5) is 12.5. The highest BCUT2D eigenvalue weighted by atomic mass is 19.4. The van der Waals surface area contributed by atoms with E-state index in [9.17, 15) is 31.1 Å². The summed E-state index contributed by atoms with van der Waals surface area (Å²) in [6.07, 6.45) is -11.9. The molecule has 0 aromatic rings. The van der Waals surface area contributed by atoms with E-state index in [0.29, 0.717) is 17.9 Å². The topological polar surface area (TPSA) is 41.6 Å². The van der Waals surface area contributed by atoms with Gasteiger partial charge in [-0.2, -0.15) is 26.3 Å². The van der Waals surface area contributed by atoms with Crippen LogP contribution in [0.1, 0.15) is 19.8 Å². The van der Waals surface area contributed by atoms with Gasteiger partial charge in [-0.3, -0.25) is 0 Å². The number of nitrogens with zero attached hydrogens (tertiary/aromatic N) is 1. The lowest BCUT2D eigenvalue weighted by atomic mass is 9.85. The van der Waals surface area contributed by atoms with Gasteiger partial charge >= 0.3 is 18.4 Å². The van der Waals surface area contributed by atoms with Crippen molar-refractivity contribution in [2.75, 3.05) is 19.7 Å². The van der Waals surface area contributed by atoms with Crippen LogP contribution >= 0.6 is 0 Å². The van der Waals surface area contributed by atoms with E-state index in [4.69, 9.17) is 4.74 Å². The van der Waals surface area contributed by atoms with E-state index in [1.165, 1.54) is 0 Å². The van der Waals surface area contributed by atoms with Crippen molar-refractivity contribution < 1.29 is 35.9 Å². The van der Waals surface area contributed by atoms with Crippen LogP contribution in [0.3, 0.4) is 0 Å². The molecule has 2 rings (SSSR count). The summed E-state index contributed by atoms with van der Waals surface area (Å²) in [5.41, 5.74) is -3.85. The fraction of sp³-hybridized carbons (Fsp3) is 0.917. The molecule has 0 unspecified atom stereocenters. The molecule has 22 heavy (non-hydrogen) atoms. The number of ether oxygens (including phenoxy) is 1. The fourth-order valence-electron chi connectivity index (χ4n) is 2.78. The van der Waals surface area contributed by atoms with Crippen LogP contribution in [0.2, 0.25) is 0 Å². The van der Waals surface area contributed by atoms with Crippen molar-refractivity contribution in [1.29, 1.82) is 0 Å². The molecule has 2 heterocycles. The summed E-state index contributed by atoms with van der Waals surface area (Å²) in [5.74, 6) is 0. The predicted octanol–water partition coefficient (Wildman–Crippen LogP) is 2.69. The lowest BCUT2D eigenvalue weighted by Crippen LogP contribution is -2.53. The SMILES string of the molecule is C[C@H]1OCC[C@H]1NC(=O)N1CCC(C(F)(F)F)(C(F)(F)F)C1. The highest BCUT2D eigenvalue weighted by Crippen LogP contribution is 2.55. The Bertz CT molecular complexity index is 422. The molecular weight excluding hydrogens is 318 g/mol. The van der Waals surface area contributed by atoms with Crippen molar-refractivity contribution in [1.82, 2.24) is 10.2 Å². The zero-order valence-corrected chi connectivity index (χ0v) is 11.7. The van der Waals surface area contributed by atoms with Crippen molar-refractivity contribution in [3.8, 4) is 0 Å². The molecular formula is C12H16F6N2O2. The first-order valence-corrected chi connectivity index (χ1v) is 6.78. The summed E-state index contributed by atoms with van der Waals surface area (Å²) >= 11 is 0. The molecule has 0 aromatic carbocycles. The molecule has 2 amide bonds. The molecule has 0 aromatic heterocycles. The third-order valence-corrected chi connectivity index (χ3v) is 4.33. The first-order valence-electron chi connectivity index (χ1n) is 6.78. The Balaban J connectivity index is 2.08. The van der Waals surface area contributed by atoms with Crippen molar-refractivity contribution >= 4 is 6.03 Å². The van der Waals surface area contributed by atoms with Crippen molar-refractivity contribution in [3.63, 3.8) is 0 Å². The van der Waals surface area contributed by atoms with Crippen molar-refractivity contribution in [3.05, 3.63) is 0 Å². The smallest absolute Gasteiger partial charge is 0.376 e. The zero-order chi connectivity index (χ0) is 16.8. The molecule has 2 fully saturated rings. The van der Waals surface area contributed by atoms with Gasteiger partial charge in [0.2, 0.25) is 0 Å². The third-order valence-electron chi connectivity index (χ3n) is 4.33. The van der Waals surface area contributed by atoms with Crippen molar-refractivity contribution in [2.24, 2.45) is 5.41 Å². The largest absolute Gasteiger partial charge is 0.404 e. The molecule has 2 atom stereocenters. The number of likely N-dealkylation sites (tertiary alicyclic amines) is 1. The van der Waals surface area contributed by atoms with E-state index in [-0.39, 0.29) is 6.10 Å². The highest BCUT2D eigenvalue weighted by molar-refractivity contribution is 5.75. The Labute approximate surface area is 122 Å². The van der Waals surface area contributed by atoms with Crippen LogP contribution in [0.15, 0.2) is 0 Å². The number of rotatable bonds is 1. The van der Waals surface area contributed by atoms with Gasteiger partial charge in [-0.25, -0.2) is 4.79 Å². The summed E-state index contributed by atoms with van der Waals surface area (Å²) in [6.45, 7) is 0.0689. The van der Waals surface area contributed by atoms with Gasteiger partial charge in [-0.1, -0.05) is 0 Å². The maximum absolute atomic E-state index is 12.9. The average Bonchev–Trinajstić information content (AvgIpc) is 2.95. The summed E-state index contributed by atoms with van der Waals surface area (Å²) in [5, 5.41) is 2.44. The lowest BCUT2D eigenvalue weighted by molar-refractivity contribution is -0.334. The minimum Gasteiger partial charge on any atom is -0.376 e. The van der Waals surface area contributed by atoms with Gasteiger partial charge in [0.1, 0.15) is 0 Å². The van der Waals surface area contributed by atoms with Crippen LogP contribution in [-0.4, -0.2) is 55.1 Å². The average molecular weight is 334 g/mol. The van der Waals surface area contributed by atoms with Crippen LogP contribution in [0, 0.1) is 5.41 Å². The van der Waals surface area contributed by atoms with E-state index in [1.807, 2.05) is 0 Å². The molecule has 0 aliphatic carbocycles. The number of carbonyl (C=O) groups is 1. The maximum atomic E-state index is 12.9.